The first-order valence-electron chi connectivity index (χ1n) is 17.4. The molecule has 0 fully saturated rings. The highest BCUT2D eigenvalue weighted by molar-refractivity contribution is 6.11. The van der Waals surface area contributed by atoms with Gasteiger partial charge in [-0.1, -0.05) is 146 Å². The van der Waals surface area contributed by atoms with Gasteiger partial charge in [-0.15, -0.1) is 0 Å². The summed E-state index contributed by atoms with van der Waals surface area (Å²) in [6.45, 7) is 0. The SMILES string of the molecule is c1ccc(CC(c2ccc3ccccc3c2)c2cccc3c2oc2ccc(-c4ccc5c6ccccc6n(-c6ccccc6)c5c4)cc23)cc1. The summed E-state index contributed by atoms with van der Waals surface area (Å²) in [6, 6.07) is 65.9. The summed E-state index contributed by atoms with van der Waals surface area (Å²) in [5.74, 6) is 0.132. The molecule has 2 heterocycles. The third kappa shape index (κ3) is 4.72. The third-order valence-corrected chi connectivity index (χ3v) is 10.4. The molecule has 0 saturated carbocycles. The number of para-hydroxylation sites is 3. The van der Waals surface area contributed by atoms with Gasteiger partial charge in [0, 0.05) is 38.7 Å². The van der Waals surface area contributed by atoms with Crippen LogP contribution in [0.4, 0.5) is 0 Å². The van der Waals surface area contributed by atoms with Gasteiger partial charge in [-0.2, -0.15) is 0 Å². The average Bonchev–Trinajstić information content (AvgIpc) is 3.73. The lowest BCUT2D eigenvalue weighted by atomic mass is 9.84. The number of aromatic nitrogens is 1. The van der Waals surface area contributed by atoms with Crippen LogP contribution in [-0.4, -0.2) is 4.57 Å². The normalized spacial score (nSPS) is 12.4. The van der Waals surface area contributed by atoms with Gasteiger partial charge in [-0.25, -0.2) is 0 Å². The van der Waals surface area contributed by atoms with Crippen molar-refractivity contribution < 1.29 is 4.42 Å². The molecular formula is C48H33NO. The predicted octanol–water partition coefficient (Wildman–Crippen LogP) is 12.9. The first-order chi connectivity index (χ1) is 24.8. The molecule has 2 nitrogen and oxygen atoms in total. The van der Waals surface area contributed by atoms with Crippen molar-refractivity contribution in [3.05, 3.63) is 199 Å². The zero-order valence-corrected chi connectivity index (χ0v) is 27.5. The highest BCUT2D eigenvalue weighted by Crippen LogP contribution is 2.41. The molecule has 1 unspecified atom stereocenters. The molecule has 0 N–H and O–H groups in total. The molecule has 10 rings (SSSR count). The average molecular weight is 640 g/mol. The smallest absolute Gasteiger partial charge is 0.139 e. The van der Waals surface area contributed by atoms with Gasteiger partial charge >= 0.3 is 0 Å². The standard InChI is InChI=1S/C48H33NO/c1-3-12-32(13-4-1)28-43(37-23-22-33-14-7-8-15-34(33)29-37)41-19-11-20-42-44-30-35(25-27-47(44)50-48(41)42)36-24-26-40-39-18-9-10-21-45(39)49(46(40)31-36)38-16-5-2-6-17-38/h1-27,29-31,43H,28H2. The van der Waals surface area contributed by atoms with E-state index in [0.717, 1.165) is 34.0 Å². The third-order valence-electron chi connectivity index (χ3n) is 10.4. The minimum Gasteiger partial charge on any atom is -0.456 e. The van der Waals surface area contributed by atoms with Crippen LogP contribution in [0.25, 0.3) is 71.3 Å². The molecular weight excluding hydrogens is 607 g/mol. The van der Waals surface area contributed by atoms with Gasteiger partial charge in [-0.3, -0.25) is 0 Å². The van der Waals surface area contributed by atoms with Gasteiger partial charge in [0.1, 0.15) is 11.2 Å². The van der Waals surface area contributed by atoms with Crippen LogP contribution in [0.15, 0.2) is 186 Å². The number of furan rings is 1. The molecule has 0 bridgehead atoms. The van der Waals surface area contributed by atoms with E-state index in [2.05, 4.69) is 187 Å². The van der Waals surface area contributed by atoms with E-state index in [1.807, 2.05) is 0 Å². The maximum atomic E-state index is 6.79. The van der Waals surface area contributed by atoms with Crippen molar-refractivity contribution >= 4 is 54.5 Å². The number of fused-ring (bicyclic) bond motifs is 7. The van der Waals surface area contributed by atoms with Crippen molar-refractivity contribution in [3.8, 4) is 16.8 Å². The lowest BCUT2D eigenvalue weighted by Gasteiger charge is -2.19. The highest BCUT2D eigenvalue weighted by Gasteiger charge is 2.22. The summed E-state index contributed by atoms with van der Waals surface area (Å²) in [5.41, 5.74) is 11.6. The summed E-state index contributed by atoms with van der Waals surface area (Å²) in [6.07, 6.45) is 0.885. The Kier molecular flexibility index (Phi) is 6.67. The van der Waals surface area contributed by atoms with Crippen molar-refractivity contribution in [3.63, 3.8) is 0 Å². The molecule has 0 spiro atoms. The first-order valence-corrected chi connectivity index (χ1v) is 17.4. The number of benzene rings is 8. The molecule has 0 saturated heterocycles. The van der Waals surface area contributed by atoms with E-state index in [0.29, 0.717) is 0 Å². The van der Waals surface area contributed by atoms with Crippen LogP contribution in [0.1, 0.15) is 22.6 Å². The van der Waals surface area contributed by atoms with Gasteiger partial charge in [0.25, 0.3) is 0 Å². The van der Waals surface area contributed by atoms with Gasteiger partial charge in [0.15, 0.2) is 0 Å². The Morgan fingerprint density at radius 3 is 2.04 bits per heavy atom. The molecule has 0 radical (unpaired) electrons. The summed E-state index contributed by atoms with van der Waals surface area (Å²) in [5, 5.41) is 7.32. The van der Waals surface area contributed by atoms with Crippen molar-refractivity contribution in [2.24, 2.45) is 0 Å². The predicted molar refractivity (Wildman–Crippen MR) is 209 cm³/mol. The lowest BCUT2D eigenvalue weighted by molar-refractivity contribution is 0.655. The fourth-order valence-electron chi connectivity index (χ4n) is 7.96. The maximum absolute atomic E-state index is 6.79. The molecule has 0 aliphatic carbocycles. The Balaban J connectivity index is 1.13. The Hall–Kier alpha value is -6.38. The summed E-state index contributed by atoms with van der Waals surface area (Å²) in [4.78, 5) is 0. The van der Waals surface area contributed by atoms with E-state index in [-0.39, 0.29) is 5.92 Å². The molecule has 50 heavy (non-hydrogen) atoms. The molecule has 2 aromatic heterocycles. The van der Waals surface area contributed by atoms with Crippen LogP contribution < -0.4 is 0 Å². The van der Waals surface area contributed by atoms with E-state index in [9.17, 15) is 0 Å². The Morgan fingerprint density at radius 1 is 0.460 bits per heavy atom. The topological polar surface area (TPSA) is 18.1 Å². The van der Waals surface area contributed by atoms with E-state index in [1.54, 1.807) is 0 Å². The Bertz CT molecular complexity index is 2840. The minimum absolute atomic E-state index is 0.132. The van der Waals surface area contributed by atoms with Crippen LogP contribution >= 0.6 is 0 Å². The number of nitrogens with zero attached hydrogens (tertiary/aromatic N) is 1. The fraction of sp³-hybridized carbons (Fsp3) is 0.0417. The largest absolute Gasteiger partial charge is 0.456 e. The molecule has 2 heteroatoms. The second kappa shape index (κ2) is 11.6. The zero-order valence-electron chi connectivity index (χ0n) is 27.5. The lowest BCUT2D eigenvalue weighted by Crippen LogP contribution is -2.06. The van der Waals surface area contributed by atoms with Crippen molar-refractivity contribution in [2.75, 3.05) is 0 Å². The maximum Gasteiger partial charge on any atom is 0.139 e. The monoisotopic (exact) mass is 639 g/mol. The van der Waals surface area contributed by atoms with Gasteiger partial charge in [-0.05, 0) is 75.8 Å². The van der Waals surface area contributed by atoms with E-state index in [1.165, 1.54) is 60.4 Å². The summed E-state index contributed by atoms with van der Waals surface area (Å²) >= 11 is 0. The van der Waals surface area contributed by atoms with Crippen LogP contribution in [0, 0.1) is 0 Å². The Morgan fingerprint density at radius 2 is 1.16 bits per heavy atom. The van der Waals surface area contributed by atoms with Crippen LogP contribution in [0.5, 0.6) is 0 Å². The second-order valence-electron chi connectivity index (χ2n) is 13.3. The fourth-order valence-corrected chi connectivity index (χ4v) is 7.96. The zero-order chi connectivity index (χ0) is 33.0. The van der Waals surface area contributed by atoms with E-state index in [4.69, 9.17) is 4.42 Å². The van der Waals surface area contributed by atoms with E-state index >= 15 is 0 Å². The summed E-state index contributed by atoms with van der Waals surface area (Å²) < 4.78 is 9.17. The van der Waals surface area contributed by atoms with Crippen LogP contribution in [-0.2, 0) is 6.42 Å². The number of rotatable bonds is 6. The van der Waals surface area contributed by atoms with Crippen LogP contribution in [0.2, 0.25) is 0 Å². The number of hydrogen-bond acceptors (Lipinski definition) is 1. The van der Waals surface area contributed by atoms with Crippen LogP contribution in [0.3, 0.4) is 0 Å². The molecule has 8 aromatic carbocycles. The van der Waals surface area contributed by atoms with Crippen molar-refractivity contribution in [1.82, 2.24) is 4.57 Å². The van der Waals surface area contributed by atoms with Gasteiger partial charge in [0.2, 0.25) is 0 Å². The van der Waals surface area contributed by atoms with Crippen molar-refractivity contribution in [2.45, 2.75) is 12.3 Å². The molecule has 236 valence electrons. The Labute approximate surface area is 290 Å². The van der Waals surface area contributed by atoms with Crippen molar-refractivity contribution in [1.29, 1.82) is 0 Å². The molecule has 0 aliphatic heterocycles. The molecule has 1 atom stereocenters. The number of hydrogen-bond donors (Lipinski definition) is 0. The quantitative estimate of drug-likeness (QED) is 0.177. The first kappa shape index (κ1) is 28.6. The second-order valence-corrected chi connectivity index (χ2v) is 13.3. The molecule has 0 aliphatic rings. The van der Waals surface area contributed by atoms with E-state index < -0.39 is 0 Å². The van der Waals surface area contributed by atoms with Gasteiger partial charge < -0.3 is 8.98 Å². The minimum atomic E-state index is 0.132. The highest BCUT2D eigenvalue weighted by atomic mass is 16.3. The molecule has 10 aromatic rings. The van der Waals surface area contributed by atoms with Gasteiger partial charge in [0.05, 0.1) is 11.0 Å². The molecule has 0 amide bonds. The summed E-state index contributed by atoms with van der Waals surface area (Å²) in [7, 11) is 0.